The van der Waals surface area contributed by atoms with Crippen molar-refractivity contribution >= 4 is 140 Å². The molecule has 0 spiro atoms. The summed E-state index contributed by atoms with van der Waals surface area (Å²) in [5.41, 5.74) is 20.5. The van der Waals surface area contributed by atoms with E-state index in [-0.39, 0.29) is 76.6 Å². The number of benzene rings is 9. The highest BCUT2D eigenvalue weighted by molar-refractivity contribution is 6.10. The van der Waals surface area contributed by atoms with Crippen molar-refractivity contribution in [2.75, 3.05) is 41.1 Å². The number of ether oxygens (including phenoxy) is 5. The molecule has 0 bridgehead atoms. The van der Waals surface area contributed by atoms with Gasteiger partial charge in [-0.05, 0) is 188 Å². The fourth-order valence-corrected chi connectivity index (χ4v) is 13.2. The van der Waals surface area contributed by atoms with Crippen molar-refractivity contribution in [3.63, 3.8) is 0 Å². The zero-order valence-electron chi connectivity index (χ0n) is 67.4. The summed E-state index contributed by atoms with van der Waals surface area (Å²) < 4.78 is 79.9. The van der Waals surface area contributed by atoms with Gasteiger partial charge >= 0.3 is 5.97 Å². The van der Waals surface area contributed by atoms with Gasteiger partial charge in [0.25, 0.3) is 23.6 Å². The van der Waals surface area contributed by atoms with Gasteiger partial charge < -0.3 is 61.7 Å². The van der Waals surface area contributed by atoms with Crippen LogP contribution >= 0.6 is 0 Å². The highest BCUT2D eigenvalue weighted by Gasteiger charge is 2.33. The molecular weight excluding hydrogens is 1600 g/mol. The molecule has 3 fully saturated rings. The van der Waals surface area contributed by atoms with Crippen LogP contribution in [0, 0.1) is 29.2 Å². The number of nitrogens with two attached hydrogens (primary N) is 2. The zero-order valence-corrected chi connectivity index (χ0v) is 67.4. The number of nitrogens with zero attached hydrogens (tertiary/aromatic N) is 4. The quantitative estimate of drug-likeness (QED) is 0.0160. The van der Waals surface area contributed by atoms with E-state index in [9.17, 15) is 55.9 Å². The van der Waals surface area contributed by atoms with E-state index >= 15 is 0 Å². The number of amides is 7. The number of rotatable bonds is 28. The number of hydrogen-bond donors (Lipinski definition) is 11. The number of carbonyl (C=O) groups excluding carboxylic acids is 8. The number of methoxy groups -OCH3 is 3. The monoisotopic (exact) mass is 1680 g/mol. The Bertz CT molecular complexity index is 6220. The normalized spacial score (nSPS) is 14.1. The summed E-state index contributed by atoms with van der Waals surface area (Å²) in [6, 6.07) is 44.5. The molecule has 2 aliphatic carbocycles. The number of H-pyrrole nitrogens is 4. The van der Waals surface area contributed by atoms with Crippen molar-refractivity contribution in [3.8, 4) is 23.0 Å². The lowest BCUT2D eigenvalue weighted by Gasteiger charge is -2.20. The summed E-state index contributed by atoms with van der Waals surface area (Å²) in [6.45, 7) is 2.39. The van der Waals surface area contributed by atoms with Crippen molar-refractivity contribution < 1.29 is 79.6 Å². The number of esters is 1. The van der Waals surface area contributed by atoms with Crippen molar-refractivity contribution in [1.82, 2.24) is 67.4 Å². The first-order chi connectivity index (χ1) is 60.0. The van der Waals surface area contributed by atoms with Crippen LogP contribution in [0.3, 0.4) is 0 Å². The van der Waals surface area contributed by atoms with Crippen LogP contribution < -0.4 is 57.0 Å². The number of fused-ring (bicyclic) bond motifs is 4. The van der Waals surface area contributed by atoms with E-state index in [1.54, 1.807) is 128 Å². The third-order valence-corrected chi connectivity index (χ3v) is 20.1. The molecule has 4 aromatic heterocycles. The predicted molar refractivity (Wildman–Crippen MR) is 460 cm³/mol. The van der Waals surface area contributed by atoms with Gasteiger partial charge in [0.15, 0.2) is 0 Å². The lowest BCUT2D eigenvalue weighted by molar-refractivity contribution is -0.139. The topological polar surface area (TPSA) is 410 Å². The molecule has 3 aliphatic rings. The molecule has 0 unspecified atom stereocenters. The molecule has 28 nitrogen and oxygen atoms in total. The Balaban J connectivity index is 0.000000143. The molecular formula is C92H85F4N15O13. The second-order valence-corrected chi connectivity index (χ2v) is 28.9. The number of hydrogen-bond acceptors (Lipinski definition) is 17. The minimum atomic E-state index is -0.904. The summed E-state index contributed by atoms with van der Waals surface area (Å²) in [6.07, 6.45) is 18.9. The van der Waals surface area contributed by atoms with Gasteiger partial charge in [0.1, 0.15) is 64.4 Å². The van der Waals surface area contributed by atoms with Gasteiger partial charge in [-0.3, -0.25) is 54.0 Å². The number of aromatic nitrogens is 8. The maximum Gasteiger partial charge on any atom is 0.328 e. The Hall–Kier alpha value is -15.5. The standard InChI is InChI=1S/C28H25FN4O3.C22H22FN5O4.C21H18FN3O4.C21H20FN3O2/c1-36-26-21(27(34)31-25(18-5-3-2-4-6-18)28(35)30-20-12-13-20)14-16-23-24(26)22(32-33-23)15-9-17-7-10-19(29)11-8-17;1-12(21(25)30)26-22(31)15-7-9-17-19(20(15)32-11-10-18(24)29)16(27-28-17)8-4-13-2-5-14(23)6-3-13;1-28-19-14(20(26)23-17-10-11-29-21(17)27)7-9-16-18(19)15(24-25-16)8-4-12-2-5-13(22)6-3-12;1-27-20-16(21(26)23-12-14-2-3-14)9-11-18-19(20)17(24-25-18)10-6-13-4-7-15(22)8-5-13/h2-11,14-16,20,25H,12-13H2,1H3,(H,30,35)(H,31,34)(H,32,33);2-9,12H,10-11H2,1H3,(H2,24,29)(H2,25,30)(H,26,31)(H,27,28);2-9,17H,10-11H2,1H3,(H,23,26)(H,24,25);4-11,14H,2-3,12H2,1H3,(H,23,26)(H,24,25)/b15-9+;2*8-4+;10-6+/t25-;12-;17-;/m001./s1. The molecule has 13 N–H and O–H groups in total. The summed E-state index contributed by atoms with van der Waals surface area (Å²) in [5.74, 6) is -2.82. The van der Waals surface area contributed by atoms with E-state index in [0.29, 0.717) is 109 Å². The molecule has 124 heavy (non-hydrogen) atoms. The highest BCUT2D eigenvalue weighted by Crippen LogP contribution is 2.38. The second kappa shape index (κ2) is 40.0. The third kappa shape index (κ3) is 21.7. The maximum atomic E-state index is 13.4. The fourth-order valence-electron chi connectivity index (χ4n) is 13.2. The Morgan fingerprint density at radius 1 is 0.460 bits per heavy atom. The van der Waals surface area contributed by atoms with Crippen LogP contribution in [-0.2, 0) is 23.9 Å². The molecule has 32 heteroatoms. The number of cyclic esters (lactones) is 1. The number of halogens is 4. The largest absolute Gasteiger partial charge is 0.495 e. The average Bonchev–Trinajstić information content (AvgIpc) is 1.35. The maximum absolute atomic E-state index is 13.4. The van der Waals surface area contributed by atoms with Crippen LogP contribution in [0.15, 0.2) is 176 Å². The molecule has 3 atom stereocenters. The summed E-state index contributed by atoms with van der Waals surface area (Å²) in [4.78, 5) is 98.7. The molecule has 0 radical (unpaired) electrons. The van der Waals surface area contributed by atoms with Crippen LogP contribution in [0.2, 0.25) is 0 Å². The highest BCUT2D eigenvalue weighted by atomic mass is 19.1. The average molecular weight is 1680 g/mol. The molecule has 7 amide bonds. The Labute approximate surface area is 706 Å². The molecule has 13 aromatic rings. The van der Waals surface area contributed by atoms with Crippen molar-refractivity contribution in [1.29, 1.82) is 0 Å². The van der Waals surface area contributed by atoms with Crippen LogP contribution in [0.1, 0.15) is 144 Å². The Kier molecular flexibility index (Phi) is 27.9. The third-order valence-electron chi connectivity index (χ3n) is 20.1. The fraction of sp³-hybridized carbons (Fsp3) is 0.196. The van der Waals surface area contributed by atoms with Crippen LogP contribution in [0.4, 0.5) is 17.6 Å². The number of carbonyl (C=O) groups is 8. The van der Waals surface area contributed by atoms with Gasteiger partial charge in [-0.2, -0.15) is 20.4 Å². The van der Waals surface area contributed by atoms with E-state index in [1.807, 2.05) is 48.6 Å². The van der Waals surface area contributed by atoms with Crippen molar-refractivity contribution in [3.05, 3.63) is 272 Å². The van der Waals surface area contributed by atoms with Gasteiger partial charge in [-0.1, -0.05) is 103 Å². The van der Waals surface area contributed by atoms with E-state index in [1.165, 1.54) is 88.6 Å². The molecule has 634 valence electrons. The molecule has 9 aromatic carbocycles. The first-order valence-corrected chi connectivity index (χ1v) is 39.4. The smallest absolute Gasteiger partial charge is 0.328 e. The molecule has 1 saturated heterocycles. The first-order valence-electron chi connectivity index (χ1n) is 39.4. The van der Waals surface area contributed by atoms with Crippen molar-refractivity contribution in [2.45, 2.75) is 69.6 Å². The lowest BCUT2D eigenvalue weighted by atomic mass is 10.0. The first kappa shape index (κ1) is 86.4. The van der Waals surface area contributed by atoms with E-state index < -0.39 is 53.6 Å². The second-order valence-electron chi connectivity index (χ2n) is 28.9. The van der Waals surface area contributed by atoms with Gasteiger partial charge in [-0.15, -0.1) is 0 Å². The number of primary amides is 2. The molecule has 5 heterocycles. The summed E-state index contributed by atoms with van der Waals surface area (Å²) >= 11 is 0. The van der Waals surface area contributed by atoms with Gasteiger partial charge in [0, 0.05) is 19.0 Å². The van der Waals surface area contributed by atoms with Gasteiger partial charge in [0.05, 0.1) is 130 Å². The number of nitrogens with one attached hydrogen (secondary N) is 9. The predicted octanol–water partition coefficient (Wildman–Crippen LogP) is 13.3. The van der Waals surface area contributed by atoms with Crippen molar-refractivity contribution in [2.24, 2.45) is 17.4 Å². The summed E-state index contributed by atoms with van der Waals surface area (Å²) in [7, 11) is 4.50. The van der Waals surface area contributed by atoms with Crippen LogP contribution in [0.5, 0.6) is 23.0 Å². The minimum Gasteiger partial charge on any atom is -0.495 e. The van der Waals surface area contributed by atoms with Gasteiger partial charge in [0.2, 0.25) is 17.7 Å². The van der Waals surface area contributed by atoms with Crippen LogP contribution in [0.25, 0.3) is 92.2 Å². The molecule has 1 aliphatic heterocycles. The van der Waals surface area contributed by atoms with Gasteiger partial charge in [-0.25, -0.2) is 22.4 Å². The van der Waals surface area contributed by atoms with Crippen LogP contribution in [-0.4, -0.2) is 147 Å². The van der Waals surface area contributed by atoms with E-state index in [4.69, 9.17) is 35.2 Å². The summed E-state index contributed by atoms with van der Waals surface area (Å²) in [5, 5.41) is 45.3. The SMILES string of the molecule is COc1c(C(=O)NCC2CC2)ccc2n[nH]c(/C=C/c3ccc(F)cc3)c12.COc1c(C(=O)N[C@@H]2CCOC2=O)ccc2n[nH]c(/C=C/c3ccc(F)cc3)c12.COc1c(C(=O)N[C@H](C(=O)NC2CC2)c2ccccc2)ccc2n[nH]c(/C=C/c3ccc(F)cc3)c12.C[C@H](NC(=O)c1ccc2n[nH]c(/C=C/c3ccc(F)cc3)c2c1OCCC(N)=O)C(N)=O. The Morgan fingerprint density at radius 3 is 1.20 bits per heavy atom. The Morgan fingerprint density at radius 2 is 0.839 bits per heavy atom. The van der Waals surface area contributed by atoms with E-state index in [0.717, 1.165) is 46.2 Å². The number of aromatic amines is 4. The minimum absolute atomic E-state index is 0.0618. The molecule has 16 rings (SSSR count). The van der Waals surface area contributed by atoms with E-state index in [2.05, 4.69) is 67.4 Å². The lowest BCUT2D eigenvalue weighted by Crippen LogP contribution is -2.42. The molecule has 2 saturated carbocycles. The zero-order chi connectivity index (χ0) is 87.5.